The number of esters is 1. The van der Waals surface area contributed by atoms with Crippen LogP contribution in [0.4, 0.5) is 0 Å². The van der Waals surface area contributed by atoms with E-state index in [1.807, 2.05) is 19.9 Å². The molecule has 0 aromatic carbocycles. The Morgan fingerprint density at radius 3 is 2.29 bits per heavy atom. The predicted molar refractivity (Wildman–Crippen MR) is 142 cm³/mol. The van der Waals surface area contributed by atoms with Gasteiger partial charge in [0.15, 0.2) is 0 Å². The lowest BCUT2D eigenvalue weighted by molar-refractivity contribution is -0.181. The molecule has 0 heterocycles. The van der Waals surface area contributed by atoms with Crippen LogP contribution in [0.15, 0.2) is 12.2 Å². The Morgan fingerprint density at radius 1 is 0.971 bits per heavy atom. The third-order valence-corrected chi connectivity index (χ3v) is 13.1. The molecule has 1 N–H and O–H groups in total. The van der Waals surface area contributed by atoms with Crippen molar-refractivity contribution in [2.24, 2.45) is 50.7 Å². The quantitative estimate of drug-likeness (QED) is 0.321. The zero-order chi connectivity index (χ0) is 25.7. The Morgan fingerprint density at radius 2 is 1.63 bits per heavy atom. The molecule has 35 heavy (non-hydrogen) atoms. The first kappa shape index (κ1) is 25.8. The van der Waals surface area contributed by atoms with Crippen molar-refractivity contribution in [3.05, 3.63) is 12.2 Å². The molecule has 5 unspecified atom stereocenters. The van der Waals surface area contributed by atoms with Gasteiger partial charge in [0.2, 0.25) is 0 Å². The Hall–Kier alpha value is -0.830. The van der Waals surface area contributed by atoms with Crippen LogP contribution in [-0.4, -0.2) is 22.8 Å². The number of hydrogen-bond donors (Lipinski definition) is 1. The van der Waals surface area contributed by atoms with Crippen LogP contribution < -0.4 is 0 Å². The summed E-state index contributed by atoms with van der Waals surface area (Å²) in [4.78, 5) is 11.8. The second-order valence-corrected chi connectivity index (χ2v) is 15.4. The molecule has 3 heteroatoms. The zero-order valence-electron chi connectivity index (χ0n) is 23.9. The monoisotopic (exact) mass is 484 g/mol. The second-order valence-electron chi connectivity index (χ2n) is 15.4. The molecule has 0 saturated heterocycles. The highest BCUT2D eigenvalue weighted by molar-refractivity contribution is 5.66. The second kappa shape index (κ2) is 7.84. The third kappa shape index (κ3) is 3.48. The molecule has 2 spiro atoms. The Balaban J connectivity index is 1.38. The minimum atomic E-state index is -0.716. The van der Waals surface area contributed by atoms with Gasteiger partial charge in [-0.2, -0.15) is 0 Å². The highest BCUT2D eigenvalue weighted by atomic mass is 16.5. The molecule has 5 aliphatic rings. The van der Waals surface area contributed by atoms with E-state index in [-0.39, 0.29) is 17.5 Å². The van der Waals surface area contributed by atoms with Gasteiger partial charge in [-0.1, -0.05) is 46.8 Å². The molecule has 3 nitrogen and oxygen atoms in total. The first-order valence-corrected chi connectivity index (χ1v) is 14.7. The fourth-order valence-corrected chi connectivity index (χ4v) is 11.4. The molecule has 0 amide bonds. The normalized spacial score (nSPS) is 48.9. The van der Waals surface area contributed by atoms with Gasteiger partial charge in [0.05, 0.1) is 5.60 Å². The highest BCUT2D eigenvalue weighted by Gasteiger charge is 2.82. The van der Waals surface area contributed by atoms with Crippen molar-refractivity contribution >= 4 is 5.97 Å². The van der Waals surface area contributed by atoms with Gasteiger partial charge in [-0.3, -0.25) is 4.79 Å². The maximum atomic E-state index is 11.8. The van der Waals surface area contributed by atoms with Crippen LogP contribution >= 0.6 is 0 Å². The largest absolute Gasteiger partial charge is 0.462 e. The van der Waals surface area contributed by atoms with E-state index in [1.54, 1.807) is 6.92 Å². The first-order chi connectivity index (χ1) is 16.1. The van der Waals surface area contributed by atoms with E-state index in [9.17, 15) is 9.90 Å². The van der Waals surface area contributed by atoms with E-state index in [1.165, 1.54) is 51.4 Å². The van der Waals surface area contributed by atoms with Crippen molar-refractivity contribution in [3.63, 3.8) is 0 Å². The fraction of sp³-hybridized carbons (Fsp3) is 0.906. The van der Waals surface area contributed by atoms with Crippen LogP contribution in [0.25, 0.3) is 0 Å². The number of allylic oxidation sites excluding steroid dienone is 1. The lowest BCUT2D eigenvalue weighted by Crippen LogP contribution is -2.58. The molecule has 198 valence electrons. The van der Waals surface area contributed by atoms with E-state index < -0.39 is 5.60 Å². The number of carbonyl (C=O) groups is 1. The Kier molecular flexibility index (Phi) is 5.78. The van der Waals surface area contributed by atoms with Crippen LogP contribution in [-0.2, 0) is 9.53 Å². The van der Waals surface area contributed by atoms with Gasteiger partial charge in [-0.05, 0) is 123 Å². The molecule has 0 bridgehead atoms. The predicted octanol–water partition coefficient (Wildman–Crippen LogP) is 7.71. The molecule has 5 fully saturated rings. The van der Waals surface area contributed by atoms with Gasteiger partial charge in [-0.15, -0.1) is 0 Å². The van der Waals surface area contributed by atoms with Crippen LogP contribution in [0.1, 0.15) is 120 Å². The first-order valence-electron chi connectivity index (χ1n) is 14.7. The standard InChI is InChI=1S/C32H52O3/c1-21(10-9-15-27(3,4)34)23-13-16-30(8)25-12-11-24-28(5,6)26(35-22(2)33)14-17-31(24)20-32(25,31)19-18-29(23,30)7/h9,15,21,23-26,34H,10-14,16-20H2,1-8H3/b15-9+/t21?,23-,24?,25?,26+,29-,30+,31?,32?/m1/s1. The fourth-order valence-electron chi connectivity index (χ4n) is 11.4. The van der Waals surface area contributed by atoms with E-state index in [2.05, 4.69) is 40.7 Å². The molecule has 5 rings (SSSR count). The van der Waals surface area contributed by atoms with Crippen molar-refractivity contribution in [1.29, 1.82) is 0 Å². The summed E-state index contributed by atoms with van der Waals surface area (Å²) in [6, 6.07) is 0. The van der Waals surface area contributed by atoms with Crippen LogP contribution in [0, 0.1) is 50.7 Å². The topological polar surface area (TPSA) is 46.5 Å². The molecule has 5 saturated carbocycles. The SMILES string of the molecule is CC(=O)O[C@H]1CCC23CC24CC[C@]2(C)[C@@H](C(C)C/C=C/C(C)(C)O)CC[C@@]2(C)C4CCC3C1(C)C. The highest BCUT2D eigenvalue weighted by Crippen LogP contribution is 2.89. The number of aliphatic hydroxyl groups is 1. The van der Waals surface area contributed by atoms with Crippen molar-refractivity contribution in [1.82, 2.24) is 0 Å². The van der Waals surface area contributed by atoms with Gasteiger partial charge in [-0.25, -0.2) is 0 Å². The molecule has 0 aromatic rings. The summed E-state index contributed by atoms with van der Waals surface area (Å²) in [6.45, 7) is 17.9. The summed E-state index contributed by atoms with van der Waals surface area (Å²) < 4.78 is 5.89. The van der Waals surface area contributed by atoms with Crippen LogP contribution in [0.2, 0.25) is 0 Å². The van der Waals surface area contributed by atoms with E-state index in [0.29, 0.717) is 33.5 Å². The summed E-state index contributed by atoms with van der Waals surface area (Å²) in [6.07, 6.45) is 17.4. The smallest absolute Gasteiger partial charge is 0.302 e. The van der Waals surface area contributed by atoms with Gasteiger partial charge in [0.25, 0.3) is 0 Å². The lowest BCUT2D eigenvalue weighted by Gasteiger charge is -2.63. The lowest BCUT2D eigenvalue weighted by atomic mass is 9.41. The summed E-state index contributed by atoms with van der Waals surface area (Å²) in [7, 11) is 0. The van der Waals surface area contributed by atoms with Gasteiger partial charge < -0.3 is 9.84 Å². The van der Waals surface area contributed by atoms with Gasteiger partial charge in [0, 0.05) is 12.3 Å². The average molecular weight is 485 g/mol. The van der Waals surface area contributed by atoms with Crippen molar-refractivity contribution in [3.8, 4) is 0 Å². The molecule has 0 radical (unpaired) electrons. The molecular weight excluding hydrogens is 432 g/mol. The van der Waals surface area contributed by atoms with Crippen LogP contribution in [0.3, 0.4) is 0 Å². The van der Waals surface area contributed by atoms with Crippen molar-refractivity contribution in [2.75, 3.05) is 0 Å². The number of fused-ring (bicyclic) bond motifs is 2. The summed E-state index contributed by atoms with van der Waals surface area (Å²) in [5, 5.41) is 10.1. The minimum absolute atomic E-state index is 0.0829. The van der Waals surface area contributed by atoms with Crippen molar-refractivity contribution < 1.29 is 14.6 Å². The Bertz CT molecular complexity index is 897. The zero-order valence-corrected chi connectivity index (χ0v) is 23.9. The van der Waals surface area contributed by atoms with Gasteiger partial charge >= 0.3 is 5.97 Å². The maximum absolute atomic E-state index is 11.8. The van der Waals surface area contributed by atoms with E-state index >= 15 is 0 Å². The van der Waals surface area contributed by atoms with Crippen molar-refractivity contribution in [2.45, 2.75) is 131 Å². The third-order valence-electron chi connectivity index (χ3n) is 13.1. The number of ether oxygens (including phenoxy) is 1. The molecule has 0 aliphatic heterocycles. The maximum Gasteiger partial charge on any atom is 0.302 e. The minimum Gasteiger partial charge on any atom is -0.462 e. The number of hydrogen-bond acceptors (Lipinski definition) is 3. The molecule has 0 aromatic heterocycles. The Labute approximate surface area is 214 Å². The summed E-state index contributed by atoms with van der Waals surface area (Å²) in [5.74, 6) is 2.88. The summed E-state index contributed by atoms with van der Waals surface area (Å²) in [5.41, 5.74) is 1.27. The van der Waals surface area contributed by atoms with Crippen LogP contribution in [0.5, 0.6) is 0 Å². The average Bonchev–Trinajstić information content (AvgIpc) is 3.31. The van der Waals surface area contributed by atoms with Gasteiger partial charge in [0.1, 0.15) is 6.10 Å². The number of carbonyl (C=O) groups excluding carboxylic acids is 1. The van der Waals surface area contributed by atoms with E-state index in [0.717, 1.165) is 24.7 Å². The number of rotatable bonds is 5. The molecular formula is C32H52O3. The molecule has 5 aliphatic carbocycles. The molecule has 9 atom stereocenters. The van der Waals surface area contributed by atoms with E-state index in [4.69, 9.17) is 4.74 Å². The summed E-state index contributed by atoms with van der Waals surface area (Å²) >= 11 is 0.